The van der Waals surface area contributed by atoms with Crippen LogP contribution in [0.1, 0.15) is 33.5 Å². The van der Waals surface area contributed by atoms with Crippen LogP contribution in [-0.2, 0) is 4.79 Å². The summed E-state index contributed by atoms with van der Waals surface area (Å²) in [5.74, 6) is -0.997. The Balaban J connectivity index is 2.43. The van der Waals surface area contributed by atoms with E-state index in [1.165, 1.54) is 0 Å². The normalized spacial score (nSPS) is 12.4. The van der Waals surface area contributed by atoms with E-state index in [-0.39, 0.29) is 12.3 Å². The number of carboxylic acid groups (broad SMARTS) is 1. The van der Waals surface area contributed by atoms with Crippen molar-refractivity contribution in [3.05, 3.63) is 49.9 Å². The van der Waals surface area contributed by atoms with E-state index in [9.17, 15) is 4.79 Å². The highest BCUT2D eigenvalue weighted by Gasteiger charge is 2.22. The zero-order valence-corrected chi connectivity index (χ0v) is 13.1. The SMILES string of the molecule is Cc1nc(C(CC(=O)O)c2cccc(Br)c2)sc1C. The molecule has 0 aliphatic heterocycles. The molecule has 19 heavy (non-hydrogen) atoms. The predicted molar refractivity (Wildman–Crippen MR) is 79.8 cm³/mol. The number of benzene rings is 1. The molecule has 0 bridgehead atoms. The van der Waals surface area contributed by atoms with Crippen LogP contribution in [0, 0.1) is 13.8 Å². The second kappa shape index (κ2) is 5.84. The lowest BCUT2D eigenvalue weighted by Gasteiger charge is -2.13. The number of rotatable bonds is 4. The Morgan fingerprint density at radius 1 is 1.47 bits per heavy atom. The highest BCUT2D eigenvalue weighted by Crippen LogP contribution is 2.33. The lowest BCUT2D eigenvalue weighted by Crippen LogP contribution is -2.07. The molecule has 0 radical (unpaired) electrons. The molecule has 2 aromatic rings. The van der Waals surface area contributed by atoms with Crippen LogP contribution in [0.2, 0.25) is 0 Å². The van der Waals surface area contributed by atoms with Gasteiger partial charge in [-0.1, -0.05) is 28.1 Å². The maximum Gasteiger partial charge on any atom is 0.304 e. The number of thiazole rings is 1. The van der Waals surface area contributed by atoms with Crippen molar-refractivity contribution in [1.29, 1.82) is 0 Å². The molecular formula is C14H14BrNO2S. The number of nitrogens with zero attached hydrogens (tertiary/aromatic N) is 1. The van der Waals surface area contributed by atoms with Crippen molar-refractivity contribution in [3.8, 4) is 0 Å². The van der Waals surface area contributed by atoms with E-state index in [2.05, 4.69) is 20.9 Å². The molecule has 0 fully saturated rings. The Bertz CT molecular complexity index is 590. The third-order valence-corrected chi connectivity index (χ3v) is 4.65. The number of aliphatic carboxylic acids is 1. The topological polar surface area (TPSA) is 50.2 Å². The molecule has 0 saturated carbocycles. The largest absolute Gasteiger partial charge is 0.481 e. The first kappa shape index (κ1) is 14.2. The van der Waals surface area contributed by atoms with Gasteiger partial charge in [0.15, 0.2) is 0 Å². The Hall–Kier alpha value is -1.20. The molecule has 2 rings (SSSR count). The summed E-state index contributed by atoms with van der Waals surface area (Å²) in [6.45, 7) is 3.96. The minimum Gasteiger partial charge on any atom is -0.481 e. The Kier molecular flexibility index (Phi) is 4.37. The molecule has 0 amide bonds. The fourth-order valence-electron chi connectivity index (χ4n) is 1.89. The summed E-state index contributed by atoms with van der Waals surface area (Å²) in [6, 6.07) is 7.76. The van der Waals surface area contributed by atoms with E-state index in [1.807, 2.05) is 38.1 Å². The quantitative estimate of drug-likeness (QED) is 0.910. The molecule has 5 heteroatoms. The number of carboxylic acids is 1. The molecule has 1 N–H and O–H groups in total. The van der Waals surface area contributed by atoms with Gasteiger partial charge in [-0.2, -0.15) is 0 Å². The minimum absolute atomic E-state index is 0.0584. The molecule has 0 saturated heterocycles. The number of aromatic nitrogens is 1. The molecule has 3 nitrogen and oxygen atoms in total. The first-order valence-electron chi connectivity index (χ1n) is 5.88. The first-order chi connectivity index (χ1) is 8.97. The molecule has 1 aromatic heterocycles. The predicted octanol–water partition coefficient (Wildman–Crippen LogP) is 4.13. The zero-order chi connectivity index (χ0) is 14.0. The maximum absolute atomic E-state index is 11.1. The van der Waals surface area contributed by atoms with Crippen LogP contribution >= 0.6 is 27.3 Å². The summed E-state index contributed by atoms with van der Waals surface area (Å²) in [5.41, 5.74) is 1.95. The lowest BCUT2D eigenvalue weighted by atomic mass is 9.96. The lowest BCUT2D eigenvalue weighted by molar-refractivity contribution is -0.137. The molecule has 0 aliphatic rings. The monoisotopic (exact) mass is 339 g/mol. The highest BCUT2D eigenvalue weighted by atomic mass is 79.9. The van der Waals surface area contributed by atoms with Crippen molar-refractivity contribution in [1.82, 2.24) is 4.98 Å². The fourth-order valence-corrected chi connectivity index (χ4v) is 3.36. The molecule has 1 aromatic carbocycles. The molecular weight excluding hydrogens is 326 g/mol. The highest BCUT2D eigenvalue weighted by molar-refractivity contribution is 9.10. The van der Waals surface area contributed by atoms with Crippen molar-refractivity contribution in [2.45, 2.75) is 26.2 Å². The van der Waals surface area contributed by atoms with Crippen molar-refractivity contribution >= 4 is 33.2 Å². The number of halogens is 1. The summed E-state index contributed by atoms with van der Waals surface area (Å²) in [6.07, 6.45) is 0.0584. The molecule has 1 heterocycles. The van der Waals surface area contributed by atoms with E-state index in [0.29, 0.717) is 0 Å². The van der Waals surface area contributed by atoms with Gasteiger partial charge in [0.05, 0.1) is 12.1 Å². The van der Waals surface area contributed by atoms with E-state index in [0.717, 1.165) is 25.6 Å². The second-order valence-electron chi connectivity index (χ2n) is 4.40. The van der Waals surface area contributed by atoms with Crippen LogP contribution < -0.4 is 0 Å². The Labute approximate surface area is 124 Å². The average Bonchev–Trinajstić information content (AvgIpc) is 2.66. The van der Waals surface area contributed by atoms with Gasteiger partial charge in [0, 0.05) is 15.3 Å². The van der Waals surface area contributed by atoms with Gasteiger partial charge >= 0.3 is 5.97 Å². The third kappa shape index (κ3) is 3.42. The fraction of sp³-hybridized carbons (Fsp3) is 0.286. The van der Waals surface area contributed by atoms with Crippen molar-refractivity contribution in [2.75, 3.05) is 0 Å². The summed E-state index contributed by atoms with van der Waals surface area (Å²) in [5, 5.41) is 9.99. The number of aryl methyl sites for hydroxylation is 2. The van der Waals surface area contributed by atoms with Gasteiger partial charge in [-0.3, -0.25) is 4.79 Å². The second-order valence-corrected chi connectivity index (χ2v) is 6.55. The number of hydrogen-bond donors (Lipinski definition) is 1. The van der Waals surface area contributed by atoms with E-state index in [4.69, 9.17) is 5.11 Å². The van der Waals surface area contributed by atoms with E-state index in [1.54, 1.807) is 11.3 Å². The van der Waals surface area contributed by atoms with Gasteiger partial charge in [0.1, 0.15) is 5.01 Å². The third-order valence-electron chi connectivity index (χ3n) is 2.97. The van der Waals surface area contributed by atoms with Gasteiger partial charge in [-0.15, -0.1) is 11.3 Å². The van der Waals surface area contributed by atoms with Crippen LogP contribution in [0.25, 0.3) is 0 Å². The first-order valence-corrected chi connectivity index (χ1v) is 7.49. The van der Waals surface area contributed by atoms with Gasteiger partial charge in [0.2, 0.25) is 0 Å². The Morgan fingerprint density at radius 3 is 2.74 bits per heavy atom. The summed E-state index contributed by atoms with van der Waals surface area (Å²) < 4.78 is 0.949. The van der Waals surface area contributed by atoms with Gasteiger partial charge in [-0.25, -0.2) is 4.98 Å². The van der Waals surface area contributed by atoms with Crippen LogP contribution in [0.15, 0.2) is 28.7 Å². The van der Waals surface area contributed by atoms with Crippen molar-refractivity contribution in [3.63, 3.8) is 0 Å². The maximum atomic E-state index is 11.1. The molecule has 1 atom stereocenters. The molecule has 1 unspecified atom stereocenters. The van der Waals surface area contributed by atoms with Gasteiger partial charge in [-0.05, 0) is 31.5 Å². The van der Waals surface area contributed by atoms with Crippen molar-refractivity contribution in [2.24, 2.45) is 0 Å². The number of carbonyl (C=O) groups is 1. The van der Waals surface area contributed by atoms with Crippen LogP contribution in [0.5, 0.6) is 0 Å². The average molecular weight is 340 g/mol. The van der Waals surface area contributed by atoms with E-state index < -0.39 is 5.97 Å². The van der Waals surface area contributed by atoms with Gasteiger partial charge < -0.3 is 5.11 Å². The van der Waals surface area contributed by atoms with E-state index >= 15 is 0 Å². The standard InChI is InChI=1S/C14H14BrNO2S/c1-8-9(2)19-14(16-8)12(7-13(17)18)10-4-3-5-11(15)6-10/h3-6,12H,7H2,1-2H3,(H,17,18). The smallest absolute Gasteiger partial charge is 0.304 e. The summed E-state index contributed by atoms with van der Waals surface area (Å²) >= 11 is 5.00. The van der Waals surface area contributed by atoms with Crippen LogP contribution in [0.3, 0.4) is 0 Å². The zero-order valence-electron chi connectivity index (χ0n) is 10.7. The van der Waals surface area contributed by atoms with Crippen LogP contribution in [0.4, 0.5) is 0 Å². The summed E-state index contributed by atoms with van der Waals surface area (Å²) in [7, 11) is 0. The summed E-state index contributed by atoms with van der Waals surface area (Å²) in [4.78, 5) is 16.7. The van der Waals surface area contributed by atoms with Crippen molar-refractivity contribution < 1.29 is 9.90 Å². The molecule has 0 spiro atoms. The Morgan fingerprint density at radius 2 is 2.21 bits per heavy atom. The van der Waals surface area contributed by atoms with Gasteiger partial charge in [0.25, 0.3) is 0 Å². The number of hydrogen-bond acceptors (Lipinski definition) is 3. The minimum atomic E-state index is -0.810. The van der Waals surface area contributed by atoms with Crippen LogP contribution in [-0.4, -0.2) is 16.1 Å². The molecule has 0 aliphatic carbocycles. The molecule has 100 valence electrons.